The van der Waals surface area contributed by atoms with Crippen molar-refractivity contribution >= 4 is 54.6 Å². The minimum Gasteiger partial charge on any atom is -0.307 e. The molecule has 0 aliphatic carbocycles. The fraction of sp³-hybridized carbons (Fsp3) is 0. The van der Waals surface area contributed by atoms with Crippen molar-refractivity contribution in [1.29, 1.82) is 0 Å². The van der Waals surface area contributed by atoms with Gasteiger partial charge in [-0.3, -0.25) is 9.97 Å². The molecule has 0 fully saturated rings. The monoisotopic (exact) mass is 460 g/mol. The number of rotatable bonds is 2. The van der Waals surface area contributed by atoms with E-state index in [0.717, 1.165) is 22.4 Å². The van der Waals surface area contributed by atoms with Gasteiger partial charge in [-0.25, -0.2) is 0 Å². The van der Waals surface area contributed by atoms with Gasteiger partial charge < -0.3 is 9.13 Å². The minimum absolute atomic E-state index is 0.886. The molecule has 0 unspecified atom stereocenters. The first-order valence-electron chi connectivity index (χ1n) is 12.1. The summed E-state index contributed by atoms with van der Waals surface area (Å²) in [5.74, 6) is 0. The molecule has 4 heteroatoms. The van der Waals surface area contributed by atoms with Gasteiger partial charge in [-0.2, -0.15) is 0 Å². The van der Waals surface area contributed by atoms with Crippen molar-refractivity contribution in [2.45, 2.75) is 0 Å². The molecular weight excluding hydrogens is 440 g/mol. The molecular formula is C32H20N4. The highest BCUT2D eigenvalue weighted by atomic mass is 15.0. The molecule has 0 bridgehead atoms. The summed E-state index contributed by atoms with van der Waals surface area (Å²) in [6.45, 7) is 0. The van der Waals surface area contributed by atoms with Crippen molar-refractivity contribution in [3.05, 3.63) is 122 Å². The van der Waals surface area contributed by atoms with Crippen LogP contribution in [-0.4, -0.2) is 19.1 Å². The van der Waals surface area contributed by atoms with Crippen LogP contribution in [0.2, 0.25) is 0 Å². The maximum absolute atomic E-state index is 4.59. The Hall–Kier alpha value is -4.96. The predicted octanol–water partition coefficient (Wildman–Crippen LogP) is 7.82. The molecule has 0 amide bonds. The van der Waals surface area contributed by atoms with E-state index in [1.54, 1.807) is 12.4 Å². The van der Waals surface area contributed by atoms with Crippen LogP contribution in [-0.2, 0) is 0 Å². The minimum atomic E-state index is 0.886. The van der Waals surface area contributed by atoms with E-state index < -0.39 is 0 Å². The lowest BCUT2D eigenvalue weighted by Gasteiger charge is -2.12. The van der Waals surface area contributed by atoms with Gasteiger partial charge >= 0.3 is 0 Å². The largest absolute Gasteiger partial charge is 0.307 e. The van der Waals surface area contributed by atoms with Gasteiger partial charge in [-0.15, -0.1) is 0 Å². The van der Waals surface area contributed by atoms with Crippen LogP contribution < -0.4 is 0 Å². The van der Waals surface area contributed by atoms with Crippen molar-refractivity contribution in [2.24, 2.45) is 0 Å². The molecule has 0 aliphatic rings. The molecule has 0 atom stereocenters. The molecule has 5 aromatic carbocycles. The van der Waals surface area contributed by atoms with Gasteiger partial charge in [-0.1, -0.05) is 66.7 Å². The van der Waals surface area contributed by atoms with Crippen LogP contribution in [0.25, 0.3) is 66.0 Å². The van der Waals surface area contributed by atoms with E-state index in [1.807, 2.05) is 0 Å². The molecule has 36 heavy (non-hydrogen) atoms. The Bertz CT molecular complexity index is 2100. The first-order valence-corrected chi connectivity index (χ1v) is 12.1. The van der Waals surface area contributed by atoms with Crippen molar-refractivity contribution in [1.82, 2.24) is 19.1 Å². The predicted molar refractivity (Wildman–Crippen MR) is 148 cm³/mol. The Balaban J connectivity index is 1.64. The van der Waals surface area contributed by atoms with Crippen LogP contribution >= 0.6 is 0 Å². The van der Waals surface area contributed by atoms with Crippen LogP contribution in [0.4, 0.5) is 0 Å². The molecule has 0 saturated heterocycles. The molecule has 8 aromatic rings. The maximum Gasteiger partial charge on any atom is 0.0907 e. The highest BCUT2D eigenvalue weighted by molar-refractivity contribution is 6.23. The Morgan fingerprint density at radius 3 is 1.64 bits per heavy atom. The van der Waals surface area contributed by atoms with Crippen LogP contribution in [0.15, 0.2) is 122 Å². The number of aromatic nitrogens is 4. The van der Waals surface area contributed by atoms with E-state index in [0.29, 0.717) is 0 Å². The zero-order valence-electron chi connectivity index (χ0n) is 19.3. The van der Waals surface area contributed by atoms with Crippen LogP contribution in [0.5, 0.6) is 0 Å². The summed E-state index contributed by atoms with van der Waals surface area (Å²) in [7, 11) is 0. The lowest BCUT2D eigenvalue weighted by molar-refractivity contribution is 1.15. The summed E-state index contributed by atoms with van der Waals surface area (Å²) in [5.41, 5.74) is 8.78. The van der Waals surface area contributed by atoms with Crippen LogP contribution in [0.1, 0.15) is 0 Å². The number of nitrogens with zero attached hydrogens (tertiary/aromatic N) is 4. The molecule has 8 rings (SSSR count). The van der Waals surface area contributed by atoms with Gasteiger partial charge in [0.05, 0.1) is 33.1 Å². The molecule has 0 spiro atoms. The summed E-state index contributed by atoms with van der Waals surface area (Å²) in [4.78, 5) is 9.08. The molecule has 4 nitrogen and oxygen atoms in total. The van der Waals surface area contributed by atoms with E-state index in [-0.39, 0.29) is 0 Å². The highest BCUT2D eigenvalue weighted by Crippen LogP contribution is 2.41. The second-order valence-electron chi connectivity index (χ2n) is 9.13. The Kier molecular flexibility index (Phi) is 3.91. The van der Waals surface area contributed by atoms with E-state index in [1.165, 1.54) is 43.6 Å². The summed E-state index contributed by atoms with van der Waals surface area (Å²) < 4.78 is 4.79. The second kappa shape index (κ2) is 7.27. The second-order valence-corrected chi connectivity index (χ2v) is 9.13. The van der Waals surface area contributed by atoms with E-state index in [4.69, 9.17) is 0 Å². The number of benzene rings is 5. The maximum atomic E-state index is 4.59. The molecule has 0 aliphatic heterocycles. The first-order chi connectivity index (χ1) is 17.9. The van der Waals surface area contributed by atoms with Crippen LogP contribution in [0, 0.1) is 0 Å². The third kappa shape index (κ3) is 2.58. The van der Waals surface area contributed by atoms with Crippen molar-refractivity contribution in [3.8, 4) is 11.4 Å². The van der Waals surface area contributed by atoms with Crippen molar-refractivity contribution in [3.63, 3.8) is 0 Å². The fourth-order valence-corrected chi connectivity index (χ4v) is 5.70. The fourth-order valence-electron chi connectivity index (χ4n) is 5.70. The topological polar surface area (TPSA) is 35.6 Å². The molecule has 3 aromatic heterocycles. The first kappa shape index (κ1) is 19.4. The zero-order valence-corrected chi connectivity index (χ0v) is 19.3. The molecule has 0 saturated carbocycles. The average molecular weight is 461 g/mol. The van der Waals surface area contributed by atoms with E-state index in [9.17, 15) is 0 Å². The SMILES string of the molecule is c1ccc(-n2c3ccccc3c3ccc4c5ccccc5n(-c5ccc6nccnc6c5)c4c32)cc1. The third-order valence-corrected chi connectivity index (χ3v) is 7.19. The standard InChI is InChI=1S/C32H20N4/c1-2-8-21(9-3-1)35-29-12-6-4-10-23(29)25-15-16-26-24-11-5-7-13-30(24)36(32(26)31(25)35)22-14-17-27-28(20-22)34-19-18-33-27/h1-20H. The Labute approximate surface area is 206 Å². The van der Waals surface area contributed by atoms with Crippen molar-refractivity contribution < 1.29 is 0 Å². The lowest BCUT2D eigenvalue weighted by Crippen LogP contribution is -1.99. The van der Waals surface area contributed by atoms with Gasteiger partial charge in [0.2, 0.25) is 0 Å². The Morgan fingerprint density at radius 2 is 0.972 bits per heavy atom. The van der Waals surface area contributed by atoms with Gasteiger partial charge in [0.1, 0.15) is 0 Å². The van der Waals surface area contributed by atoms with Gasteiger partial charge in [0.15, 0.2) is 0 Å². The van der Waals surface area contributed by atoms with E-state index in [2.05, 4.69) is 128 Å². The molecule has 3 heterocycles. The number of hydrogen-bond acceptors (Lipinski definition) is 2. The van der Waals surface area contributed by atoms with Crippen LogP contribution in [0.3, 0.4) is 0 Å². The summed E-state index contributed by atoms with van der Waals surface area (Å²) in [6, 6.07) is 38.9. The number of fused-ring (bicyclic) bond motifs is 8. The smallest absolute Gasteiger partial charge is 0.0907 e. The molecule has 0 radical (unpaired) electrons. The highest BCUT2D eigenvalue weighted by Gasteiger charge is 2.20. The summed E-state index contributed by atoms with van der Waals surface area (Å²) in [5, 5.41) is 4.96. The Morgan fingerprint density at radius 1 is 0.417 bits per heavy atom. The molecule has 0 N–H and O–H groups in total. The third-order valence-electron chi connectivity index (χ3n) is 7.19. The lowest BCUT2D eigenvalue weighted by atomic mass is 10.1. The molecule has 168 valence electrons. The zero-order chi connectivity index (χ0) is 23.6. The van der Waals surface area contributed by atoms with Gasteiger partial charge in [0, 0.05) is 45.3 Å². The van der Waals surface area contributed by atoms with Gasteiger partial charge in [-0.05, 0) is 42.5 Å². The van der Waals surface area contributed by atoms with Gasteiger partial charge in [0.25, 0.3) is 0 Å². The average Bonchev–Trinajstić information content (AvgIpc) is 3.46. The quantitative estimate of drug-likeness (QED) is 0.264. The summed E-state index contributed by atoms with van der Waals surface area (Å²) >= 11 is 0. The van der Waals surface area contributed by atoms with E-state index >= 15 is 0 Å². The van der Waals surface area contributed by atoms with Crippen molar-refractivity contribution in [2.75, 3.05) is 0 Å². The number of para-hydroxylation sites is 3. The summed E-state index contributed by atoms with van der Waals surface area (Å²) in [6.07, 6.45) is 3.49. The normalized spacial score (nSPS) is 11.9. The number of hydrogen-bond donors (Lipinski definition) is 0.